The topological polar surface area (TPSA) is 56.1 Å². The molecule has 116 valence electrons. The molecule has 2 heterocycles. The fourth-order valence-electron chi connectivity index (χ4n) is 3.96. The highest BCUT2D eigenvalue weighted by atomic mass is 16.1. The summed E-state index contributed by atoms with van der Waals surface area (Å²) in [5, 5.41) is 14.2. The van der Waals surface area contributed by atoms with E-state index in [2.05, 4.69) is 16.3 Å². The number of amides is 1. The van der Waals surface area contributed by atoms with Crippen molar-refractivity contribution >= 4 is 16.7 Å². The molecule has 2 aliphatic rings. The monoisotopic (exact) mass is 305 g/mol. The zero-order chi connectivity index (χ0) is 15.8. The van der Waals surface area contributed by atoms with Crippen molar-refractivity contribution in [2.75, 3.05) is 19.6 Å². The van der Waals surface area contributed by atoms with E-state index in [1.165, 1.54) is 19.5 Å². The molecule has 0 spiro atoms. The molecule has 1 N–H and O–H groups in total. The second kappa shape index (κ2) is 5.68. The molecule has 1 amide bonds. The fraction of sp³-hybridized carbons (Fsp3) is 0.368. The van der Waals surface area contributed by atoms with Gasteiger partial charge in [-0.1, -0.05) is 18.2 Å². The van der Waals surface area contributed by atoms with Crippen molar-refractivity contribution in [3.8, 4) is 6.07 Å². The number of nitriles is 1. The van der Waals surface area contributed by atoms with E-state index in [1.807, 2.05) is 30.3 Å². The van der Waals surface area contributed by atoms with Crippen molar-refractivity contribution in [3.05, 3.63) is 47.5 Å². The molecular weight excluding hydrogens is 286 g/mol. The number of carbonyl (C=O) groups is 1. The van der Waals surface area contributed by atoms with Crippen molar-refractivity contribution < 1.29 is 4.79 Å². The second-order valence-electron chi connectivity index (χ2n) is 6.67. The Morgan fingerprint density at radius 3 is 3.00 bits per heavy atom. The second-order valence-corrected chi connectivity index (χ2v) is 6.67. The Labute approximate surface area is 135 Å². The molecule has 0 saturated carbocycles. The molecule has 0 radical (unpaired) electrons. The van der Waals surface area contributed by atoms with Crippen LogP contribution in [0.15, 0.2) is 36.4 Å². The van der Waals surface area contributed by atoms with Crippen molar-refractivity contribution in [1.29, 1.82) is 5.26 Å². The average Bonchev–Trinajstić information content (AvgIpc) is 2.92. The van der Waals surface area contributed by atoms with Crippen LogP contribution in [0.1, 0.15) is 28.8 Å². The van der Waals surface area contributed by atoms with Crippen LogP contribution in [0.5, 0.6) is 0 Å². The van der Waals surface area contributed by atoms with E-state index >= 15 is 0 Å². The molecule has 0 aliphatic carbocycles. The van der Waals surface area contributed by atoms with E-state index in [-0.39, 0.29) is 11.9 Å². The number of rotatable bonds is 2. The highest BCUT2D eigenvalue weighted by Crippen LogP contribution is 2.27. The maximum absolute atomic E-state index is 12.6. The van der Waals surface area contributed by atoms with Gasteiger partial charge in [0.2, 0.25) is 0 Å². The summed E-state index contributed by atoms with van der Waals surface area (Å²) in [6.07, 6.45) is 2.35. The Morgan fingerprint density at radius 1 is 1.26 bits per heavy atom. The number of benzene rings is 2. The third-order valence-electron chi connectivity index (χ3n) is 5.06. The Kier molecular flexibility index (Phi) is 3.51. The maximum atomic E-state index is 12.6. The molecule has 1 unspecified atom stereocenters. The van der Waals surface area contributed by atoms with Gasteiger partial charge in [0.05, 0.1) is 11.6 Å². The van der Waals surface area contributed by atoms with E-state index in [1.54, 1.807) is 6.07 Å². The first-order valence-corrected chi connectivity index (χ1v) is 8.19. The highest BCUT2D eigenvalue weighted by molar-refractivity contribution is 5.99. The minimum Gasteiger partial charge on any atom is -0.348 e. The predicted molar refractivity (Wildman–Crippen MR) is 89.1 cm³/mol. The van der Waals surface area contributed by atoms with Crippen LogP contribution >= 0.6 is 0 Å². The molecule has 2 bridgehead atoms. The Hall–Kier alpha value is -2.38. The van der Waals surface area contributed by atoms with Crippen LogP contribution in [0.25, 0.3) is 10.8 Å². The van der Waals surface area contributed by atoms with E-state index < -0.39 is 0 Å². The minimum atomic E-state index is -0.0123. The van der Waals surface area contributed by atoms with E-state index in [0.717, 1.165) is 29.7 Å². The number of nitrogens with zero attached hydrogens (tertiary/aromatic N) is 2. The molecule has 2 aromatic carbocycles. The first-order chi connectivity index (χ1) is 11.2. The number of carbonyl (C=O) groups excluding carboxylic acids is 1. The van der Waals surface area contributed by atoms with Gasteiger partial charge in [-0.25, -0.2) is 0 Å². The molecule has 2 aliphatic heterocycles. The van der Waals surface area contributed by atoms with Crippen molar-refractivity contribution in [3.63, 3.8) is 0 Å². The molecule has 2 fully saturated rings. The van der Waals surface area contributed by atoms with E-state index in [0.29, 0.717) is 11.1 Å². The van der Waals surface area contributed by atoms with Crippen LogP contribution in [0.2, 0.25) is 0 Å². The lowest BCUT2D eigenvalue weighted by Crippen LogP contribution is -2.47. The summed E-state index contributed by atoms with van der Waals surface area (Å²) in [5.41, 5.74) is 1.31. The molecule has 4 heteroatoms. The number of hydrogen-bond donors (Lipinski definition) is 1. The summed E-state index contributed by atoms with van der Waals surface area (Å²) < 4.78 is 0. The molecule has 2 saturated heterocycles. The van der Waals surface area contributed by atoms with Gasteiger partial charge < -0.3 is 10.2 Å². The number of hydrogen-bond acceptors (Lipinski definition) is 3. The lowest BCUT2D eigenvalue weighted by Gasteiger charge is -2.30. The normalized spacial score (nSPS) is 26.0. The van der Waals surface area contributed by atoms with E-state index in [9.17, 15) is 4.79 Å². The highest BCUT2D eigenvalue weighted by Gasteiger charge is 2.32. The van der Waals surface area contributed by atoms with Gasteiger partial charge in [0.15, 0.2) is 0 Å². The SMILES string of the molecule is N#Cc1cccc2cc(C(=O)N[C@@H]3C[C@H]4CCN(C4)C3)ccc12. The van der Waals surface area contributed by atoms with Crippen LogP contribution in [-0.4, -0.2) is 36.5 Å². The van der Waals surface area contributed by atoms with Crippen LogP contribution in [-0.2, 0) is 0 Å². The van der Waals surface area contributed by atoms with Crippen molar-refractivity contribution in [2.24, 2.45) is 5.92 Å². The largest absolute Gasteiger partial charge is 0.348 e. The van der Waals surface area contributed by atoms with E-state index in [4.69, 9.17) is 5.26 Å². The summed E-state index contributed by atoms with van der Waals surface area (Å²) in [6, 6.07) is 13.6. The third kappa shape index (κ3) is 2.69. The van der Waals surface area contributed by atoms with Gasteiger partial charge in [0.1, 0.15) is 0 Å². The summed E-state index contributed by atoms with van der Waals surface area (Å²) in [5.74, 6) is 0.727. The number of fused-ring (bicyclic) bond motifs is 3. The summed E-state index contributed by atoms with van der Waals surface area (Å²) >= 11 is 0. The van der Waals surface area contributed by atoms with Gasteiger partial charge in [-0.05, 0) is 54.3 Å². The lowest BCUT2D eigenvalue weighted by atomic mass is 9.96. The van der Waals surface area contributed by atoms with Gasteiger partial charge in [-0.3, -0.25) is 4.79 Å². The van der Waals surface area contributed by atoms with Crippen molar-refractivity contribution in [2.45, 2.75) is 18.9 Å². The van der Waals surface area contributed by atoms with Gasteiger partial charge >= 0.3 is 0 Å². The molecule has 2 aromatic rings. The zero-order valence-electron chi connectivity index (χ0n) is 13.0. The van der Waals surface area contributed by atoms with Crippen LogP contribution in [0.4, 0.5) is 0 Å². The Balaban J connectivity index is 1.54. The number of nitrogens with one attached hydrogen (secondary N) is 1. The third-order valence-corrected chi connectivity index (χ3v) is 5.06. The van der Waals surface area contributed by atoms with Gasteiger partial charge in [0.25, 0.3) is 5.91 Å². The number of piperidine rings is 1. The maximum Gasteiger partial charge on any atom is 0.251 e. The molecule has 0 aromatic heterocycles. The van der Waals surface area contributed by atoms with Crippen LogP contribution in [0, 0.1) is 17.2 Å². The molecule has 4 rings (SSSR count). The van der Waals surface area contributed by atoms with Crippen LogP contribution in [0.3, 0.4) is 0 Å². The summed E-state index contributed by atoms with van der Waals surface area (Å²) in [7, 11) is 0. The fourth-order valence-corrected chi connectivity index (χ4v) is 3.96. The molecule has 3 atom stereocenters. The quantitative estimate of drug-likeness (QED) is 0.927. The molecule has 23 heavy (non-hydrogen) atoms. The summed E-state index contributed by atoms with van der Waals surface area (Å²) in [6.45, 7) is 3.33. The first-order valence-electron chi connectivity index (χ1n) is 8.19. The smallest absolute Gasteiger partial charge is 0.251 e. The minimum absolute atomic E-state index is 0.0123. The molecular formula is C19H19N3O. The standard InChI is InChI=1S/C19H19N3O/c20-10-16-3-1-2-14-9-15(4-5-18(14)16)19(23)21-17-8-13-6-7-22(11-13)12-17/h1-5,9,13,17H,6-8,11-12H2,(H,21,23)/t13-,17-/m1/s1. The Bertz CT molecular complexity index is 796. The summed E-state index contributed by atoms with van der Waals surface area (Å²) in [4.78, 5) is 15.0. The lowest BCUT2D eigenvalue weighted by molar-refractivity contribution is 0.0909. The molecule has 4 nitrogen and oxygen atoms in total. The Morgan fingerprint density at radius 2 is 2.17 bits per heavy atom. The van der Waals surface area contributed by atoms with Gasteiger partial charge in [-0.2, -0.15) is 5.26 Å². The van der Waals surface area contributed by atoms with Crippen molar-refractivity contribution in [1.82, 2.24) is 10.2 Å². The van der Waals surface area contributed by atoms with Crippen LogP contribution < -0.4 is 5.32 Å². The van der Waals surface area contributed by atoms with Gasteiger partial charge in [-0.15, -0.1) is 0 Å². The zero-order valence-corrected chi connectivity index (χ0v) is 13.0. The predicted octanol–water partition coefficient (Wildman–Crippen LogP) is 2.54. The first kappa shape index (κ1) is 14.2. The van der Waals surface area contributed by atoms with Gasteiger partial charge in [0, 0.05) is 24.7 Å². The average molecular weight is 305 g/mol.